The van der Waals surface area contributed by atoms with Crippen molar-refractivity contribution in [3.05, 3.63) is 44.0 Å². The van der Waals surface area contributed by atoms with Gasteiger partial charge in [0.05, 0.1) is 15.6 Å². The van der Waals surface area contributed by atoms with E-state index >= 15 is 0 Å². The largest absolute Gasteiger partial charge is 0.364 e. The Hall–Kier alpha value is -2.02. The van der Waals surface area contributed by atoms with Crippen molar-refractivity contribution >= 4 is 22.8 Å². The van der Waals surface area contributed by atoms with Crippen LogP contribution in [0.2, 0.25) is 0 Å². The van der Waals surface area contributed by atoms with Crippen molar-refractivity contribution in [1.82, 2.24) is 9.97 Å². The number of nitrogens with zero attached hydrogens (tertiary/aromatic N) is 3. The number of hydrogen-bond acceptors (Lipinski definition) is 6. The first-order valence-electron chi connectivity index (χ1n) is 7.08. The zero-order chi connectivity index (χ0) is 16.3. The van der Waals surface area contributed by atoms with Crippen molar-refractivity contribution in [2.75, 3.05) is 11.9 Å². The summed E-state index contributed by atoms with van der Waals surface area (Å²) in [6, 6.07) is 1.64. The van der Waals surface area contributed by atoms with Crippen molar-refractivity contribution in [3.63, 3.8) is 0 Å². The molecule has 0 fully saturated rings. The molecule has 1 N–H and O–H groups in total. The van der Waals surface area contributed by atoms with Crippen molar-refractivity contribution in [2.45, 2.75) is 39.5 Å². The maximum atomic E-state index is 11.1. The topological polar surface area (TPSA) is 81.0 Å². The van der Waals surface area contributed by atoms with Gasteiger partial charge in [0.2, 0.25) is 5.82 Å². The second kappa shape index (κ2) is 6.39. The Morgan fingerprint density at radius 1 is 1.41 bits per heavy atom. The van der Waals surface area contributed by atoms with Gasteiger partial charge >= 0.3 is 5.69 Å². The molecule has 0 atom stereocenters. The SMILES string of the molecule is Cc1ccnc(NCCc2csc(C(C)(C)C)n2)c1[N+](=O)[O-]. The van der Waals surface area contributed by atoms with Crippen molar-refractivity contribution in [1.29, 1.82) is 0 Å². The molecule has 0 bridgehead atoms. The van der Waals surface area contributed by atoms with Crippen LogP contribution in [0.25, 0.3) is 0 Å². The van der Waals surface area contributed by atoms with Gasteiger partial charge in [-0.15, -0.1) is 11.3 Å². The van der Waals surface area contributed by atoms with E-state index in [1.807, 2.05) is 5.38 Å². The normalized spacial score (nSPS) is 11.5. The summed E-state index contributed by atoms with van der Waals surface area (Å²) in [5.41, 5.74) is 1.69. The van der Waals surface area contributed by atoms with E-state index < -0.39 is 4.92 Å². The molecule has 0 radical (unpaired) electrons. The Morgan fingerprint density at radius 3 is 2.73 bits per heavy atom. The second-order valence-electron chi connectivity index (χ2n) is 6.15. The molecule has 0 aliphatic heterocycles. The van der Waals surface area contributed by atoms with Gasteiger partial charge in [-0.3, -0.25) is 10.1 Å². The van der Waals surface area contributed by atoms with Crippen LogP contribution in [0.4, 0.5) is 11.5 Å². The number of pyridine rings is 1. The number of rotatable bonds is 5. The molecule has 6 nitrogen and oxygen atoms in total. The van der Waals surface area contributed by atoms with Crippen LogP contribution in [-0.4, -0.2) is 21.4 Å². The average Bonchev–Trinajstić information content (AvgIpc) is 2.87. The molecule has 22 heavy (non-hydrogen) atoms. The van der Waals surface area contributed by atoms with Crippen LogP contribution < -0.4 is 5.32 Å². The fourth-order valence-electron chi connectivity index (χ4n) is 1.99. The minimum absolute atomic E-state index is 0.0381. The maximum absolute atomic E-state index is 11.1. The fraction of sp³-hybridized carbons (Fsp3) is 0.467. The minimum Gasteiger partial charge on any atom is -0.364 e. The molecule has 0 spiro atoms. The molecule has 2 heterocycles. The maximum Gasteiger partial charge on any atom is 0.314 e. The highest BCUT2D eigenvalue weighted by Crippen LogP contribution is 2.27. The molecule has 2 aromatic heterocycles. The summed E-state index contributed by atoms with van der Waals surface area (Å²) in [6.07, 6.45) is 2.28. The molecule has 118 valence electrons. The van der Waals surface area contributed by atoms with Crippen LogP contribution in [0.15, 0.2) is 17.6 Å². The van der Waals surface area contributed by atoms with E-state index in [4.69, 9.17) is 0 Å². The van der Waals surface area contributed by atoms with Crippen molar-refractivity contribution < 1.29 is 4.92 Å². The molecule has 7 heteroatoms. The van der Waals surface area contributed by atoms with Gasteiger partial charge in [-0.2, -0.15) is 0 Å². The predicted octanol–water partition coefficient (Wildman–Crippen LogP) is 3.71. The van der Waals surface area contributed by atoms with E-state index in [2.05, 4.69) is 36.1 Å². The van der Waals surface area contributed by atoms with Crippen LogP contribution in [0.3, 0.4) is 0 Å². The molecule has 0 aliphatic rings. The smallest absolute Gasteiger partial charge is 0.314 e. The number of nitrogens with one attached hydrogen (secondary N) is 1. The average molecular weight is 320 g/mol. The van der Waals surface area contributed by atoms with Crippen molar-refractivity contribution in [3.8, 4) is 0 Å². The Labute approximate surface area is 133 Å². The number of aryl methyl sites for hydroxylation is 1. The Bertz CT molecular complexity index is 676. The van der Waals surface area contributed by atoms with Gasteiger partial charge < -0.3 is 5.32 Å². The zero-order valence-corrected chi connectivity index (χ0v) is 14.0. The van der Waals surface area contributed by atoms with Gasteiger partial charge in [-0.1, -0.05) is 20.8 Å². The number of anilines is 1. The number of nitro groups is 1. The monoisotopic (exact) mass is 320 g/mol. The molecular weight excluding hydrogens is 300 g/mol. The van der Waals surface area contributed by atoms with E-state index in [9.17, 15) is 10.1 Å². The van der Waals surface area contributed by atoms with Gasteiger partial charge in [0.25, 0.3) is 0 Å². The molecule has 0 aromatic carbocycles. The first kappa shape index (κ1) is 16.4. The molecule has 0 amide bonds. The van der Waals surface area contributed by atoms with Gasteiger partial charge in [0, 0.05) is 35.5 Å². The molecule has 0 unspecified atom stereocenters. The van der Waals surface area contributed by atoms with Crippen LogP contribution in [0, 0.1) is 17.0 Å². The number of hydrogen-bond donors (Lipinski definition) is 1. The number of aromatic nitrogens is 2. The second-order valence-corrected chi connectivity index (χ2v) is 7.01. The highest BCUT2D eigenvalue weighted by Gasteiger charge is 2.19. The summed E-state index contributed by atoms with van der Waals surface area (Å²) >= 11 is 1.65. The Balaban J connectivity index is 2.02. The van der Waals surface area contributed by atoms with Crippen LogP contribution >= 0.6 is 11.3 Å². The summed E-state index contributed by atoms with van der Waals surface area (Å²) in [5.74, 6) is 0.316. The molecule has 0 saturated heterocycles. The summed E-state index contributed by atoms with van der Waals surface area (Å²) < 4.78 is 0. The third kappa shape index (κ3) is 3.79. The Kier molecular flexibility index (Phi) is 4.75. The quantitative estimate of drug-likeness (QED) is 0.671. The number of thiazole rings is 1. The van der Waals surface area contributed by atoms with Gasteiger partial charge in [-0.25, -0.2) is 9.97 Å². The van der Waals surface area contributed by atoms with E-state index in [1.165, 1.54) is 0 Å². The molecule has 2 rings (SSSR count). The van der Waals surface area contributed by atoms with E-state index in [0.29, 0.717) is 24.3 Å². The summed E-state index contributed by atoms with van der Waals surface area (Å²) in [6.45, 7) is 8.67. The molecule has 0 saturated carbocycles. The van der Waals surface area contributed by atoms with Gasteiger partial charge in [0.1, 0.15) is 0 Å². The van der Waals surface area contributed by atoms with Gasteiger partial charge in [0.15, 0.2) is 0 Å². The lowest BCUT2D eigenvalue weighted by atomic mass is 9.98. The summed E-state index contributed by atoms with van der Waals surface area (Å²) in [7, 11) is 0. The lowest BCUT2D eigenvalue weighted by Gasteiger charge is -2.13. The molecule has 0 aliphatic carbocycles. The minimum atomic E-state index is -0.398. The molecule has 2 aromatic rings. The Morgan fingerprint density at radius 2 is 2.14 bits per heavy atom. The van der Waals surface area contributed by atoms with Gasteiger partial charge in [-0.05, 0) is 13.0 Å². The van der Waals surface area contributed by atoms with Crippen molar-refractivity contribution in [2.24, 2.45) is 0 Å². The zero-order valence-electron chi connectivity index (χ0n) is 13.2. The van der Waals surface area contributed by atoms with E-state index in [1.54, 1.807) is 30.5 Å². The molecular formula is C15H20N4O2S. The highest BCUT2D eigenvalue weighted by molar-refractivity contribution is 7.09. The van der Waals surface area contributed by atoms with Crippen LogP contribution in [0.5, 0.6) is 0 Å². The third-order valence-electron chi connectivity index (χ3n) is 3.18. The van der Waals surface area contributed by atoms with E-state index in [0.717, 1.165) is 10.7 Å². The highest BCUT2D eigenvalue weighted by atomic mass is 32.1. The lowest BCUT2D eigenvalue weighted by molar-refractivity contribution is -0.384. The predicted molar refractivity (Wildman–Crippen MR) is 88.6 cm³/mol. The lowest BCUT2D eigenvalue weighted by Crippen LogP contribution is -2.12. The van der Waals surface area contributed by atoms with Crippen LogP contribution in [0.1, 0.15) is 37.0 Å². The van der Waals surface area contributed by atoms with E-state index in [-0.39, 0.29) is 11.1 Å². The first-order valence-corrected chi connectivity index (χ1v) is 7.96. The third-order valence-corrected chi connectivity index (χ3v) is 4.49. The summed E-state index contributed by atoms with van der Waals surface area (Å²) in [5, 5.41) is 17.3. The summed E-state index contributed by atoms with van der Waals surface area (Å²) in [4.78, 5) is 19.4. The fourth-order valence-corrected chi connectivity index (χ4v) is 2.93. The first-order chi connectivity index (χ1) is 10.3. The van der Waals surface area contributed by atoms with Crippen LogP contribution in [-0.2, 0) is 11.8 Å². The standard InChI is InChI=1S/C15H20N4O2S/c1-10-5-7-16-13(12(10)19(20)21)17-8-6-11-9-22-14(18-11)15(2,3)4/h5,7,9H,6,8H2,1-4H3,(H,16,17).